The number of aliphatic carboxylic acids is 1. The van der Waals surface area contributed by atoms with Gasteiger partial charge in [0.1, 0.15) is 5.75 Å². The predicted octanol–water partition coefficient (Wildman–Crippen LogP) is 2.22. The summed E-state index contributed by atoms with van der Waals surface area (Å²) in [5, 5.41) is 9.53. The first-order valence-corrected chi connectivity index (χ1v) is 6.23. The van der Waals surface area contributed by atoms with Crippen molar-refractivity contribution >= 4 is 5.97 Å². The number of carboxylic acid groups (broad SMARTS) is 1. The molecule has 1 aliphatic heterocycles. The number of hydrogen-bond acceptors (Lipinski definition) is 3. The molecular weight excluding hydrogens is 232 g/mol. The maximum absolute atomic E-state index is 11.6. The lowest BCUT2D eigenvalue weighted by Gasteiger charge is -2.33. The van der Waals surface area contributed by atoms with E-state index in [9.17, 15) is 9.90 Å². The lowest BCUT2D eigenvalue weighted by molar-refractivity contribution is -0.147. The standard InChI is InChI=1S/C14H18O4/c1-2-18-12-5-3-11(4-6-12)14(13(15)16)7-9-17-10-8-14/h3-6H,2,7-10H2,1H3,(H,15,16). The molecule has 0 atom stereocenters. The number of carbonyl (C=O) groups is 1. The molecule has 0 aliphatic carbocycles. The number of ether oxygens (including phenoxy) is 2. The molecule has 1 heterocycles. The van der Waals surface area contributed by atoms with Crippen molar-refractivity contribution in [3.63, 3.8) is 0 Å². The number of hydrogen-bond donors (Lipinski definition) is 1. The van der Waals surface area contributed by atoms with Gasteiger partial charge in [0.15, 0.2) is 0 Å². The van der Waals surface area contributed by atoms with E-state index < -0.39 is 11.4 Å². The summed E-state index contributed by atoms with van der Waals surface area (Å²) in [4.78, 5) is 11.6. The van der Waals surface area contributed by atoms with E-state index in [1.165, 1.54) is 0 Å². The fraction of sp³-hybridized carbons (Fsp3) is 0.500. The molecule has 2 rings (SSSR count). The zero-order valence-electron chi connectivity index (χ0n) is 10.5. The predicted molar refractivity (Wildman–Crippen MR) is 67.0 cm³/mol. The van der Waals surface area contributed by atoms with E-state index >= 15 is 0 Å². The third-order valence-electron chi connectivity index (χ3n) is 3.47. The molecule has 0 radical (unpaired) electrons. The molecule has 0 aromatic heterocycles. The minimum Gasteiger partial charge on any atom is -0.494 e. The average Bonchev–Trinajstić information content (AvgIpc) is 2.40. The first kappa shape index (κ1) is 12.9. The summed E-state index contributed by atoms with van der Waals surface area (Å²) in [5.41, 5.74) is 0.0324. The summed E-state index contributed by atoms with van der Waals surface area (Å²) in [6, 6.07) is 7.37. The van der Waals surface area contributed by atoms with Gasteiger partial charge in [0.05, 0.1) is 12.0 Å². The van der Waals surface area contributed by atoms with Gasteiger partial charge in [-0.25, -0.2) is 0 Å². The van der Waals surface area contributed by atoms with Crippen LogP contribution in [0.2, 0.25) is 0 Å². The second-order valence-corrected chi connectivity index (χ2v) is 4.46. The van der Waals surface area contributed by atoms with Gasteiger partial charge in [0.2, 0.25) is 0 Å². The summed E-state index contributed by atoms with van der Waals surface area (Å²) >= 11 is 0. The topological polar surface area (TPSA) is 55.8 Å². The Kier molecular flexibility index (Phi) is 3.87. The second-order valence-electron chi connectivity index (χ2n) is 4.46. The van der Waals surface area contributed by atoms with Gasteiger partial charge in [-0.2, -0.15) is 0 Å². The average molecular weight is 250 g/mol. The summed E-state index contributed by atoms with van der Waals surface area (Å²) in [7, 11) is 0. The van der Waals surface area contributed by atoms with E-state index in [1.807, 2.05) is 31.2 Å². The lowest BCUT2D eigenvalue weighted by Crippen LogP contribution is -2.41. The van der Waals surface area contributed by atoms with E-state index in [0.29, 0.717) is 32.7 Å². The van der Waals surface area contributed by atoms with Gasteiger partial charge in [-0.3, -0.25) is 4.79 Å². The van der Waals surface area contributed by atoms with Crippen molar-refractivity contribution in [2.75, 3.05) is 19.8 Å². The Labute approximate surface area is 107 Å². The third-order valence-corrected chi connectivity index (χ3v) is 3.47. The number of benzene rings is 1. The van der Waals surface area contributed by atoms with Crippen molar-refractivity contribution in [1.82, 2.24) is 0 Å². The molecule has 1 aromatic rings. The second kappa shape index (κ2) is 5.40. The van der Waals surface area contributed by atoms with E-state index in [4.69, 9.17) is 9.47 Å². The maximum atomic E-state index is 11.6. The summed E-state index contributed by atoms with van der Waals surface area (Å²) in [6.07, 6.45) is 1.05. The van der Waals surface area contributed by atoms with E-state index in [-0.39, 0.29) is 0 Å². The van der Waals surface area contributed by atoms with Crippen molar-refractivity contribution < 1.29 is 19.4 Å². The smallest absolute Gasteiger partial charge is 0.314 e. The van der Waals surface area contributed by atoms with Gasteiger partial charge in [-0.1, -0.05) is 12.1 Å². The Balaban J connectivity index is 2.28. The van der Waals surface area contributed by atoms with Crippen molar-refractivity contribution in [3.8, 4) is 5.75 Å². The molecule has 1 fully saturated rings. The van der Waals surface area contributed by atoms with Gasteiger partial charge >= 0.3 is 5.97 Å². The van der Waals surface area contributed by atoms with Gasteiger partial charge in [0.25, 0.3) is 0 Å². The van der Waals surface area contributed by atoms with Crippen LogP contribution in [0.3, 0.4) is 0 Å². The minimum atomic E-state index is -0.803. The Hall–Kier alpha value is -1.55. The Morgan fingerprint density at radius 3 is 2.44 bits per heavy atom. The molecule has 0 amide bonds. The number of carboxylic acids is 1. The molecule has 4 heteroatoms. The third kappa shape index (κ3) is 2.34. The van der Waals surface area contributed by atoms with E-state index in [1.54, 1.807) is 0 Å². The van der Waals surface area contributed by atoms with Crippen LogP contribution in [-0.4, -0.2) is 30.9 Å². The summed E-state index contributed by atoms with van der Waals surface area (Å²) < 4.78 is 10.6. The van der Waals surface area contributed by atoms with Crippen molar-refractivity contribution in [2.45, 2.75) is 25.2 Å². The first-order valence-electron chi connectivity index (χ1n) is 6.23. The fourth-order valence-corrected chi connectivity index (χ4v) is 2.38. The van der Waals surface area contributed by atoms with Crippen molar-refractivity contribution in [2.24, 2.45) is 0 Å². The zero-order valence-corrected chi connectivity index (χ0v) is 10.5. The van der Waals surface area contributed by atoms with E-state index in [2.05, 4.69) is 0 Å². The first-order chi connectivity index (χ1) is 8.69. The minimum absolute atomic E-state index is 0.500. The summed E-state index contributed by atoms with van der Waals surface area (Å²) in [5.74, 6) is 0.00353. The molecule has 0 saturated carbocycles. The Morgan fingerprint density at radius 1 is 1.33 bits per heavy atom. The largest absolute Gasteiger partial charge is 0.494 e. The number of rotatable bonds is 4. The lowest BCUT2D eigenvalue weighted by atomic mass is 9.74. The molecule has 0 bridgehead atoms. The molecule has 1 aromatic carbocycles. The highest BCUT2D eigenvalue weighted by molar-refractivity contribution is 5.81. The zero-order chi connectivity index (χ0) is 13.0. The quantitative estimate of drug-likeness (QED) is 0.890. The molecule has 1 saturated heterocycles. The van der Waals surface area contributed by atoms with Crippen LogP contribution in [0.4, 0.5) is 0 Å². The monoisotopic (exact) mass is 250 g/mol. The highest BCUT2D eigenvalue weighted by Gasteiger charge is 2.41. The van der Waals surface area contributed by atoms with Crippen molar-refractivity contribution in [1.29, 1.82) is 0 Å². The molecule has 4 nitrogen and oxygen atoms in total. The van der Waals surface area contributed by atoms with Crippen LogP contribution >= 0.6 is 0 Å². The van der Waals surface area contributed by atoms with Crippen LogP contribution in [0, 0.1) is 0 Å². The van der Waals surface area contributed by atoms with Crippen LogP contribution in [0.15, 0.2) is 24.3 Å². The molecule has 1 aliphatic rings. The van der Waals surface area contributed by atoms with Crippen LogP contribution < -0.4 is 4.74 Å². The van der Waals surface area contributed by atoms with Gasteiger partial charge in [-0.15, -0.1) is 0 Å². The van der Waals surface area contributed by atoms with Gasteiger partial charge in [0, 0.05) is 13.2 Å². The van der Waals surface area contributed by atoms with Crippen molar-refractivity contribution in [3.05, 3.63) is 29.8 Å². The van der Waals surface area contributed by atoms with Gasteiger partial charge < -0.3 is 14.6 Å². The Morgan fingerprint density at radius 2 is 1.94 bits per heavy atom. The fourth-order valence-electron chi connectivity index (χ4n) is 2.38. The van der Waals surface area contributed by atoms with Crippen LogP contribution in [0.25, 0.3) is 0 Å². The van der Waals surface area contributed by atoms with Gasteiger partial charge in [-0.05, 0) is 37.5 Å². The molecule has 18 heavy (non-hydrogen) atoms. The molecule has 98 valence electrons. The van der Waals surface area contributed by atoms with E-state index in [0.717, 1.165) is 11.3 Å². The van der Waals surface area contributed by atoms with Crippen LogP contribution in [0.5, 0.6) is 5.75 Å². The van der Waals surface area contributed by atoms with Crippen LogP contribution in [0.1, 0.15) is 25.3 Å². The molecule has 1 N–H and O–H groups in total. The maximum Gasteiger partial charge on any atom is 0.314 e. The SMILES string of the molecule is CCOc1ccc(C2(C(=O)O)CCOCC2)cc1. The van der Waals surface area contributed by atoms with Crippen LogP contribution in [-0.2, 0) is 14.9 Å². The molecule has 0 unspecified atom stereocenters. The summed E-state index contributed by atoms with van der Waals surface area (Å²) in [6.45, 7) is 3.53. The normalized spacial score (nSPS) is 18.3. The molecule has 0 spiro atoms. The highest BCUT2D eigenvalue weighted by atomic mass is 16.5. The highest BCUT2D eigenvalue weighted by Crippen LogP contribution is 2.35. The molecular formula is C14H18O4. The Bertz CT molecular complexity index is 404.